The summed E-state index contributed by atoms with van der Waals surface area (Å²) in [6.45, 7) is 9.87. The fourth-order valence-electron chi connectivity index (χ4n) is 1.82. The van der Waals surface area contributed by atoms with Gasteiger partial charge in [0.2, 0.25) is 0 Å². The number of nitriles is 2. The largest absolute Gasteiger partial charge is 0.198 e. The highest BCUT2D eigenvalue weighted by atomic mass is 14.3. The first-order valence-corrected chi connectivity index (χ1v) is 5.52. The fraction of sp³-hybridized carbons (Fsp3) is 0.692. The lowest BCUT2D eigenvalue weighted by atomic mass is 9.77. The summed E-state index contributed by atoms with van der Waals surface area (Å²) in [4.78, 5) is 0. The van der Waals surface area contributed by atoms with Gasteiger partial charge in [-0.25, -0.2) is 0 Å². The smallest absolute Gasteiger partial charge is 0.0700 e. The Kier molecular flexibility index (Phi) is 6.47. The van der Waals surface area contributed by atoms with Crippen LogP contribution in [0.1, 0.15) is 33.6 Å². The molecule has 0 amide bonds. The first kappa shape index (κ1) is 13.7. The van der Waals surface area contributed by atoms with Crippen LogP contribution in [0.4, 0.5) is 0 Å². The third kappa shape index (κ3) is 4.17. The van der Waals surface area contributed by atoms with Crippen LogP contribution in [0.5, 0.6) is 0 Å². The molecule has 4 unspecified atom stereocenters. The molecule has 0 rings (SSSR count). The molecule has 2 nitrogen and oxygen atoms in total. The standard InChI is InChI=1S/C13H20N2/c1-5-11(4)13(7-10(3)8-14)12(6-2)9-15/h6,10-13H,2,5,7H2,1,3-4H3. The van der Waals surface area contributed by atoms with Crippen molar-refractivity contribution in [3.8, 4) is 12.1 Å². The average Bonchev–Trinajstić information content (AvgIpc) is 2.27. The molecule has 0 aliphatic rings. The Morgan fingerprint density at radius 1 is 1.27 bits per heavy atom. The molecule has 15 heavy (non-hydrogen) atoms. The lowest BCUT2D eigenvalue weighted by Gasteiger charge is -2.26. The van der Waals surface area contributed by atoms with Crippen molar-refractivity contribution in [3.63, 3.8) is 0 Å². The summed E-state index contributed by atoms with van der Waals surface area (Å²) in [6.07, 6.45) is 3.53. The summed E-state index contributed by atoms with van der Waals surface area (Å²) >= 11 is 0. The molecule has 0 radical (unpaired) electrons. The molecule has 0 aromatic heterocycles. The average molecular weight is 204 g/mol. The minimum Gasteiger partial charge on any atom is -0.198 e. The van der Waals surface area contributed by atoms with Crippen LogP contribution in [-0.4, -0.2) is 0 Å². The van der Waals surface area contributed by atoms with Crippen LogP contribution in [0.15, 0.2) is 12.7 Å². The lowest BCUT2D eigenvalue weighted by Crippen LogP contribution is -2.21. The van der Waals surface area contributed by atoms with E-state index in [1.165, 1.54) is 0 Å². The summed E-state index contributed by atoms with van der Waals surface area (Å²) in [5, 5.41) is 17.8. The summed E-state index contributed by atoms with van der Waals surface area (Å²) in [5.41, 5.74) is 0. The minimum atomic E-state index is -0.129. The molecule has 4 atom stereocenters. The van der Waals surface area contributed by atoms with E-state index < -0.39 is 0 Å². The van der Waals surface area contributed by atoms with Crippen LogP contribution in [0.3, 0.4) is 0 Å². The van der Waals surface area contributed by atoms with E-state index >= 15 is 0 Å². The quantitative estimate of drug-likeness (QED) is 0.621. The van der Waals surface area contributed by atoms with Gasteiger partial charge in [-0.2, -0.15) is 10.5 Å². The topological polar surface area (TPSA) is 47.6 Å². The highest BCUT2D eigenvalue weighted by Crippen LogP contribution is 2.30. The van der Waals surface area contributed by atoms with Gasteiger partial charge in [-0.05, 0) is 25.2 Å². The van der Waals surface area contributed by atoms with Gasteiger partial charge < -0.3 is 0 Å². The maximum absolute atomic E-state index is 9.02. The van der Waals surface area contributed by atoms with E-state index in [0.29, 0.717) is 5.92 Å². The van der Waals surface area contributed by atoms with Crippen LogP contribution in [0, 0.1) is 46.3 Å². The van der Waals surface area contributed by atoms with E-state index in [2.05, 4.69) is 32.6 Å². The lowest BCUT2D eigenvalue weighted by molar-refractivity contribution is 0.270. The third-order valence-corrected chi connectivity index (χ3v) is 3.09. The van der Waals surface area contributed by atoms with Crippen LogP contribution in [-0.2, 0) is 0 Å². The van der Waals surface area contributed by atoms with E-state index in [0.717, 1.165) is 12.8 Å². The molecule has 0 aromatic carbocycles. The number of hydrogen-bond donors (Lipinski definition) is 0. The summed E-state index contributed by atoms with van der Waals surface area (Å²) in [6, 6.07) is 4.50. The van der Waals surface area contributed by atoms with Gasteiger partial charge in [0.15, 0.2) is 0 Å². The van der Waals surface area contributed by atoms with Gasteiger partial charge >= 0.3 is 0 Å². The molecule has 0 bridgehead atoms. The SMILES string of the molecule is C=CC(C#N)C(CC(C)C#N)C(C)CC. The van der Waals surface area contributed by atoms with Gasteiger partial charge in [-0.1, -0.05) is 26.3 Å². The van der Waals surface area contributed by atoms with Crippen molar-refractivity contribution in [2.24, 2.45) is 23.7 Å². The van der Waals surface area contributed by atoms with Gasteiger partial charge in [0.25, 0.3) is 0 Å². The monoisotopic (exact) mass is 204 g/mol. The Hall–Kier alpha value is -1.28. The molecule has 0 N–H and O–H groups in total. The van der Waals surface area contributed by atoms with E-state index in [9.17, 15) is 0 Å². The zero-order chi connectivity index (χ0) is 11.8. The predicted molar refractivity (Wildman–Crippen MR) is 61.6 cm³/mol. The van der Waals surface area contributed by atoms with Crippen LogP contribution in [0.2, 0.25) is 0 Å². The second-order valence-electron chi connectivity index (χ2n) is 4.21. The number of nitrogens with zero attached hydrogens (tertiary/aromatic N) is 2. The molecule has 0 spiro atoms. The van der Waals surface area contributed by atoms with Gasteiger partial charge in [-0.15, -0.1) is 6.58 Å². The zero-order valence-electron chi connectivity index (χ0n) is 9.90. The third-order valence-electron chi connectivity index (χ3n) is 3.09. The van der Waals surface area contributed by atoms with E-state index in [-0.39, 0.29) is 17.8 Å². The van der Waals surface area contributed by atoms with E-state index in [4.69, 9.17) is 10.5 Å². The molecule has 0 saturated heterocycles. The molecule has 0 fully saturated rings. The van der Waals surface area contributed by atoms with Crippen molar-refractivity contribution in [2.45, 2.75) is 33.6 Å². The molecule has 0 heterocycles. The van der Waals surface area contributed by atoms with Crippen molar-refractivity contribution in [1.82, 2.24) is 0 Å². The van der Waals surface area contributed by atoms with Gasteiger partial charge in [0.1, 0.15) is 0 Å². The molecule has 2 heteroatoms. The number of hydrogen-bond acceptors (Lipinski definition) is 2. The summed E-state index contributed by atoms with van der Waals surface area (Å²) < 4.78 is 0. The van der Waals surface area contributed by atoms with Gasteiger partial charge in [0.05, 0.1) is 18.1 Å². The Morgan fingerprint density at radius 2 is 1.87 bits per heavy atom. The Balaban J connectivity index is 4.66. The van der Waals surface area contributed by atoms with Crippen LogP contribution >= 0.6 is 0 Å². The van der Waals surface area contributed by atoms with Gasteiger partial charge in [-0.3, -0.25) is 0 Å². The van der Waals surface area contributed by atoms with E-state index in [1.807, 2.05) is 6.92 Å². The summed E-state index contributed by atoms with van der Waals surface area (Å²) in [5.74, 6) is 0.603. The van der Waals surface area contributed by atoms with Crippen molar-refractivity contribution >= 4 is 0 Å². The molecule has 0 aliphatic heterocycles. The minimum absolute atomic E-state index is 0.0137. The van der Waals surface area contributed by atoms with Crippen LogP contribution < -0.4 is 0 Å². The van der Waals surface area contributed by atoms with Crippen molar-refractivity contribution < 1.29 is 0 Å². The molecular formula is C13H20N2. The maximum Gasteiger partial charge on any atom is 0.0700 e. The Morgan fingerprint density at radius 3 is 2.20 bits per heavy atom. The zero-order valence-corrected chi connectivity index (χ0v) is 9.90. The molecule has 0 saturated carbocycles. The van der Waals surface area contributed by atoms with Crippen molar-refractivity contribution in [2.75, 3.05) is 0 Å². The molecule has 0 aromatic rings. The van der Waals surface area contributed by atoms with Gasteiger partial charge in [0, 0.05) is 5.92 Å². The van der Waals surface area contributed by atoms with E-state index in [1.54, 1.807) is 6.08 Å². The fourth-order valence-corrected chi connectivity index (χ4v) is 1.82. The first-order chi connectivity index (χ1) is 7.10. The van der Waals surface area contributed by atoms with Crippen molar-refractivity contribution in [1.29, 1.82) is 10.5 Å². The molecular weight excluding hydrogens is 184 g/mol. The maximum atomic E-state index is 9.02. The van der Waals surface area contributed by atoms with Crippen molar-refractivity contribution in [3.05, 3.63) is 12.7 Å². The second kappa shape index (κ2) is 7.07. The highest BCUT2D eigenvalue weighted by Gasteiger charge is 2.25. The predicted octanol–water partition coefficient (Wildman–Crippen LogP) is 3.52. The first-order valence-electron chi connectivity index (χ1n) is 5.52. The molecule has 82 valence electrons. The Labute approximate surface area is 93.2 Å². The summed E-state index contributed by atoms with van der Waals surface area (Å²) in [7, 11) is 0. The molecule has 0 aliphatic carbocycles. The van der Waals surface area contributed by atoms with Crippen LogP contribution in [0.25, 0.3) is 0 Å². The Bertz CT molecular complexity index is 269. The number of allylic oxidation sites excluding steroid dienone is 1. The normalized spacial score (nSPS) is 17.9. The second-order valence-corrected chi connectivity index (χ2v) is 4.21. The number of rotatable bonds is 6. The highest BCUT2D eigenvalue weighted by molar-refractivity contribution is 5.01.